The summed E-state index contributed by atoms with van der Waals surface area (Å²) < 4.78 is 0.243. The van der Waals surface area contributed by atoms with Crippen molar-refractivity contribution in [3.63, 3.8) is 0 Å². The van der Waals surface area contributed by atoms with Gasteiger partial charge in [0.05, 0.1) is 4.91 Å². The van der Waals surface area contributed by atoms with Crippen LogP contribution in [0.25, 0.3) is 6.08 Å². The van der Waals surface area contributed by atoms with Crippen LogP contribution >= 0.6 is 35.6 Å². The molecule has 0 aromatic heterocycles. The highest BCUT2D eigenvalue weighted by molar-refractivity contribution is 8.26. The number of aromatic carboxylic acids is 1. The first kappa shape index (κ1) is 21.8. The summed E-state index contributed by atoms with van der Waals surface area (Å²) >= 11 is 12.2. The SMILES string of the molecule is C[C@@H](C(=O)Nc1ccc(C(=O)O)c(O)c1)N1C(=O)/C(=C/c2ccc(Cl)cc2)SC1=S. The second kappa shape index (κ2) is 8.86. The lowest BCUT2D eigenvalue weighted by Gasteiger charge is -2.22. The van der Waals surface area contributed by atoms with Crippen LogP contribution in [0.4, 0.5) is 5.69 Å². The number of anilines is 1. The fraction of sp³-hybridized carbons (Fsp3) is 0.100. The molecule has 154 valence electrons. The Morgan fingerprint density at radius 3 is 2.50 bits per heavy atom. The van der Waals surface area contributed by atoms with Crippen LogP contribution in [-0.4, -0.2) is 43.3 Å². The molecule has 0 aliphatic carbocycles. The third-order valence-electron chi connectivity index (χ3n) is 4.25. The highest BCUT2D eigenvalue weighted by Gasteiger charge is 2.38. The molecule has 0 bridgehead atoms. The Bertz CT molecular complexity index is 1090. The number of hydrogen-bond donors (Lipinski definition) is 3. The fourth-order valence-corrected chi connectivity index (χ4v) is 4.22. The molecule has 1 aliphatic heterocycles. The zero-order chi connectivity index (χ0) is 22.0. The first-order valence-electron chi connectivity index (χ1n) is 8.57. The van der Waals surface area contributed by atoms with Crippen LogP contribution in [-0.2, 0) is 9.59 Å². The molecule has 10 heteroatoms. The van der Waals surface area contributed by atoms with Gasteiger partial charge in [-0.15, -0.1) is 0 Å². The second-order valence-corrected chi connectivity index (χ2v) is 8.42. The smallest absolute Gasteiger partial charge is 0.339 e. The average Bonchev–Trinajstić information content (AvgIpc) is 2.96. The van der Waals surface area contributed by atoms with E-state index in [0.717, 1.165) is 23.4 Å². The molecule has 1 heterocycles. The van der Waals surface area contributed by atoms with E-state index in [1.807, 2.05) is 0 Å². The Labute approximate surface area is 186 Å². The number of amides is 2. The second-order valence-electron chi connectivity index (χ2n) is 6.31. The van der Waals surface area contributed by atoms with Gasteiger partial charge in [-0.1, -0.05) is 47.7 Å². The van der Waals surface area contributed by atoms with Gasteiger partial charge in [0.1, 0.15) is 21.7 Å². The Morgan fingerprint density at radius 2 is 1.90 bits per heavy atom. The molecule has 1 fully saturated rings. The van der Waals surface area contributed by atoms with Crippen molar-refractivity contribution in [2.45, 2.75) is 13.0 Å². The molecule has 2 amide bonds. The molecule has 30 heavy (non-hydrogen) atoms. The van der Waals surface area contributed by atoms with Gasteiger partial charge in [-0.05, 0) is 42.8 Å². The number of thioether (sulfide) groups is 1. The van der Waals surface area contributed by atoms with E-state index in [1.54, 1.807) is 30.3 Å². The van der Waals surface area contributed by atoms with Crippen molar-refractivity contribution in [1.82, 2.24) is 4.90 Å². The Balaban J connectivity index is 1.75. The normalized spacial score (nSPS) is 16.1. The summed E-state index contributed by atoms with van der Waals surface area (Å²) in [6.45, 7) is 1.52. The van der Waals surface area contributed by atoms with Crippen LogP contribution in [0.2, 0.25) is 5.02 Å². The predicted octanol–water partition coefficient (Wildman–Crippen LogP) is 3.97. The fourth-order valence-electron chi connectivity index (χ4n) is 2.68. The summed E-state index contributed by atoms with van der Waals surface area (Å²) in [6, 6.07) is 9.65. The number of nitrogens with zero attached hydrogens (tertiary/aromatic N) is 1. The van der Waals surface area contributed by atoms with E-state index in [1.165, 1.54) is 24.0 Å². The Kier molecular flexibility index (Phi) is 6.45. The maximum absolute atomic E-state index is 12.8. The van der Waals surface area contributed by atoms with Crippen molar-refractivity contribution in [3.05, 3.63) is 63.5 Å². The molecule has 0 unspecified atom stereocenters. The molecule has 2 aromatic rings. The van der Waals surface area contributed by atoms with E-state index in [-0.39, 0.29) is 15.6 Å². The van der Waals surface area contributed by atoms with Crippen LogP contribution in [0, 0.1) is 0 Å². The lowest BCUT2D eigenvalue weighted by Crippen LogP contribution is -2.44. The quantitative estimate of drug-likeness (QED) is 0.455. The Hall–Kier alpha value is -2.88. The summed E-state index contributed by atoms with van der Waals surface area (Å²) in [4.78, 5) is 38.0. The number of aromatic hydroxyl groups is 1. The number of halogens is 1. The van der Waals surface area contributed by atoms with Crippen LogP contribution in [0.3, 0.4) is 0 Å². The number of nitrogens with one attached hydrogen (secondary N) is 1. The molecule has 1 atom stereocenters. The number of carboxylic acid groups (broad SMARTS) is 1. The minimum atomic E-state index is -1.29. The van der Waals surface area contributed by atoms with Gasteiger partial charge < -0.3 is 15.5 Å². The Morgan fingerprint density at radius 1 is 1.23 bits per heavy atom. The van der Waals surface area contributed by atoms with Crippen molar-refractivity contribution in [2.24, 2.45) is 0 Å². The molecule has 1 aliphatic rings. The molecule has 0 radical (unpaired) electrons. The highest BCUT2D eigenvalue weighted by Crippen LogP contribution is 2.34. The molecule has 0 spiro atoms. The summed E-state index contributed by atoms with van der Waals surface area (Å²) in [5, 5.41) is 21.8. The van der Waals surface area contributed by atoms with Gasteiger partial charge in [0.25, 0.3) is 5.91 Å². The molecule has 3 N–H and O–H groups in total. The van der Waals surface area contributed by atoms with E-state index < -0.39 is 29.6 Å². The summed E-state index contributed by atoms with van der Waals surface area (Å²) in [7, 11) is 0. The third-order valence-corrected chi connectivity index (χ3v) is 5.84. The summed E-state index contributed by atoms with van der Waals surface area (Å²) in [5.74, 6) is -2.71. The minimum Gasteiger partial charge on any atom is -0.507 e. The lowest BCUT2D eigenvalue weighted by molar-refractivity contribution is -0.129. The van der Waals surface area contributed by atoms with Crippen molar-refractivity contribution in [1.29, 1.82) is 0 Å². The molecular weight excluding hydrogens is 448 g/mol. The number of carbonyl (C=O) groups excluding carboxylic acids is 2. The molecule has 0 saturated carbocycles. The van der Waals surface area contributed by atoms with Crippen molar-refractivity contribution in [3.8, 4) is 5.75 Å². The van der Waals surface area contributed by atoms with Crippen LogP contribution < -0.4 is 5.32 Å². The zero-order valence-corrected chi connectivity index (χ0v) is 17.8. The number of rotatable bonds is 5. The number of thiocarbonyl (C=S) groups is 1. The maximum atomic E-state index is 12.8. The van der Waals surface area contributed by atoms with Gasteiger partial charge in [0.15, 0.2) is 0 Å². The predicted molar refractivity (Wildman–Crippen MR) is 120 cm³/mol. The van der Waals surface area contributed by atoms with Gasteiger partial charge in [0.2, 0.25) is 5.91 Å². The minimum absolute atomic E-state index is 0.191. The largest absolute Gasteiger partial charge is 0.507 e. The topological polar surface area (TPSA) is 107 Å². The van der Waals surface area contributed by atoms with Crippen molar-refractivity contribution >= 4 is 69.4 Å². The van der Waals surface area contributed by atoms with Gasteiger partial charge in [-0.25, -0.2) is 4.79 Å². The van der Waals surface area contributed by atoms with E-state index >= 15 is 0 Å². The van der Waals surface area contributed by atoms with Crippen LogP contribution in [0.1, 0.15) is 22.8 Å². The molecular formula is C20H15ClN2O5S2. The summed E-state index contributed by atoms with van der Waals surface area (Å²) in [5.41, 5.74) is 0.674. The van der Waals surface area contributed by atoms with Crippen LogP contribution in [0.15, 0.2) is 47.4 Å². The first-order valence-corrected chi connectivity index (χ1v) is 10.2. The van der Waals surface area contributed by atoms with E-state index in [2.05, 4.69) is 5.32 Å². The van der Waals surface area contributed by atoms with E-state index in [9.17, 15) is 19.5 Å². The monoisotopic (exact) mass is 462 g/mol. The number of benzene rings is 2. The van der Waals surface area contributed by atoms with E-state index in [4.69, 9.17) is 28.9 Å². The molecule has 7 nitrogen and oxygen atoms in total. The standard InChI is InChI=1S/C20H15ClN2O5S2/c1-10(17(25)22-13-6-7-14(19(27)28)15(24)9-13)23-18(26)16(30-20(23)29)8-11-2-4-12(21)5-3-11/h2-10,24H,1H3,(H,22,25)(H,27,28)/b16-8-/t10-/m0/s1. The number of carbonyl (C=O) groups is 3. The van der Waals surface area contributed by atoms with Crippen molar-refractivity contribution < 1.29 is 24.6 Å². The molecule has 1 saturated heterocycles. The molecule has 3 rings (SSSR count). The van der Waals surface area contributed by atoms with Gasteiger partial charge in [0, 0.05) is 16.8 Å². The first-order chi connectivity index (χ1) is 14.2. The lowest BCUT2D eigenvalue weighted by atomic mass is 10.1. The van der Waals surface area contributed by atoms with Gasteiger partial charge in [-0.2, -0.15) is 0 Å². The number of hydrogen-bond acceptors (Lipinski definition) is 6. The number of phenols is 1. The van der Waals surface area contributed by atoms with Gasteiger partial charge >= 0.3 is 5.97 Å². The molecule has 2 aromatic carbocycles. The number of carboxylic acids is 1. The van der Waals surface area contributed by atoms with Crippen LogP contribution in [0.5, 0.6) is 5.75 Å². The average molecular weight is 463 g/mol. The van der Waals surface area contributed by atoms with E-state index in [0.29, 0.717) is 9.93 Å². The highest BCUT2D eigenvalue weighted by atomic mass is 35.5. The van der Waals surface area contributed by atoms with Gasteiger partial charge in [-0.3, -0.25) is 14.5 Å². The van der Waals surface area contributed by atoms with Crippen molar-refractivity contribution in [2.75, 3.05) is 5.32 Å². The third kappa shape index (κ3) is 4.64. The summed E-state index contributed by atoms with van der Waals surface area (Å²) in [6.07, 6.45) is 1.67. The zero-order valence-electron chi connectivity index (χ0n) is 15.5. The maximum Gasteiger partial charge on any atom is 0.339 e.